The molecule has 0 aliphatic heterocycles. The molecule has 2 heterocycles. The number of H-pyrrole nitrogens is 1. The topological polar surface area (TPSA) is 78.9 Å². The number of carboxylic acid groups (broad SMARTS) is 1. The number of allylic oxidation sites excluding steroid dienone is 1. The molecule has 5 rings (SSSR count). The second-order valence-corrected chi connectivity index (χ2v) is 9.32. The molecule has 0 atom stereocenters. The van der Waals surface area contributed by atoms with Crippen molar-refractivity contribution in [3.05, 3.63) is 100 Å². The van der Waals surface area contributed by atoms with E-state index in [2.05, 4.69) is 65.7 Å². The Labute approximate surface area is 201 Å². The van der Waals surface area contributed by atoms with Crippen molar-refractivity contribution in [3.8, 4) is 0 Å². The van der Waals surface area contributed by atoms with Gasteiger partial charge in [0.15, 0.2) is 0 Å². The van der Waals surface area contributed by atoms with Gasteiger partial charge in [0.2, 0.25) is 0 Å². The van der Waals surface area contributed by atoms with Crippen molar-refractivity contribution in [2.75, 3.05) is 0 Å². The van der Waals surface area contributed by atoms with Crippen molar-refractivity contribution in [1.29, 1.82) is 0 Å². The third-order valence-corrected chi connectivity index (χ3v) is 6.80. The minimum atomic E-state index is -0.959. The molecule has 5 aromatic rings. The Kier molecular flexibility index (Phi) is 5.82. The molecule has 3 aromatic carbocycles. The van der Waals surface area contributed by atoms with Crippen molar-refractivity contribution in [2.24, 2.45) is 0 Å². The molecule has 2 N–H and O–H groups in total. The van der Waals surface area contributed by atoms with Crippen LogP contribution in [0.2, 0.25) is 0 Å². The van der Waals surface area contributed by atoms with Crippen molar-refractivity contribution < 1.29 is 9.90 Å². The molecular weight excluding hydrogens is 442 g/mol. The molecule has 5 nitrogen and oxygen atoms in total. The first-order valence-electron chi connectivity index (χ1n) is 11.1. The van der Waals surface area contributed by atoms with Crippen molar-refractivity contribution in [2.45, 2.75) is 20.3 Å². The lowest BCUT2D eigenvalue weighted by atomic mass is 9.87. The number of carbonyl (C=O) groups is 1. The molecule has 0 spiro atoms. The van der Waals surface area contributed by atoms with E-state index in [-0.39, 0.29) is 0 Å². The lowest BCUT2D eigenvalue weighted by Gasteiger charge is -2.17. The summed E-state index contributed by atoms with van der Waals surface area (Å²) in [6.07, 6.45) is 5.44. The van der Waals surface area contributed by atoms with Crippen molar-refractivity contribution in [3.63, 3.8) is 0 Å². The van der Waals surface area contributed by atoms with Crippen LogP contribution in [0.4, 0.5) is 0 Å². The molecule has 0 radical (unpaired) electrons. The first-order valence-corrected chi connectivity index (χ1v) is 11.9. The zero-order chi connectivity index (χ0) is 23.7. The van der Waals surface area contributed by atoms with Gasteiger partial charge in [-0.2, -0.15) is 5.10 Å². The Morgan fingerprint density at radius 1 is 1.03 bits per heavy atom. The molecule has 6 heteroatoms. The van der Waals surface area contributed by atoms with E-state index in [4.69, 9.17) is 10.1 Å². The molecule has 0 fully saturated rings. The highest BCUT2D eigenvalue weighted by molar-refractivity contribution is 7.18. The molecular formula is C28H23N3O2S. The number of thiazole rings is 1. The number of hydrogen-bond acceptors (Lipinski definition) is 4. The Morgan fingerprint density at radius 2 is 1.79 bits per heavy atom. The summed E-state index contributed by atoms with van der Waals surface area (Å²) in [5, 5.41) is 18.3. The van der Waals surface area contributed by atoms with Crippen LogP contribution in [0, 0.1) is 6.92 Å². The maximum Gasteiger partial charge on any atom is 0.328 e. The molecule has 0 aliphatic carbocycles. The molecule has 34 heavy (non-hydrogen) atoms. The quantitative estimate of drug-likeness (QED) is 0.210. The Hall–Kier alpha value is -4.03. The monoisotopic (exact) mass is 465 g/mol. The third kappa shape index (κ3) is 4.28. The van der Waals surface area contributed by atoms with Gasteiger partial charge in [-0.15, -0.1) is 11.3 Å². The third-order valence-electron chi connectivity index (χ3n) is 5.84. The Morgan fingerprint density at radius 3 is 2.56 bits per heavy atom. The van der Waals surface area contributed by atoms with Crippen LogP contribution >= 0.6 is 11.3 Å². The molecule has 0 saturated heterocycles. The van der Waals surface area contributed by atoms with Gasteiger partial charge < -0.3 is 5.11 Å². The maximum absolute atomic E-state index is 10.9. The molecule has 2 aromatic heterocycles. The van der Waals surface area contributed by atoms with Crippen LogP contribution in [0.15, 0.2) is 72.9 Å². The number of nitrogens with zero attached hydrogens (tertiary/aromatic N) is 2. The summed E-state index contributed by atoms with van der Waals surface area (Å²) in [4.78, 5) is 15.6. The van der Waals surface area contributed by atoms with E-state index in [0.717, 1.165) is 61.8 Å². The number of benzene rings is 3. The van der Waals surface area contributed by atoms with E-state index in [0.29, 0.717) is 0 Å². The van der Waals surface area contributed by atoms with E-state index in [1.807, 2.05) is 25.3 Å². The summed E-state index contributed by atoms with van der Waals surface area (Å²) in [6.45, 7) is 4.21. The van der Waals surface area contributed by atoms with Crippen LogP contribution < -0.4 is 0 Å². The fourth-order valence-corrected chi connectivity index (χ4v) is 5.10. The van der Waals surface area contributed by atoms with Gasteiger partial charge >= 0.3 is 5.97 Å². The second-order valence-electron chi connectivity index (χ2n) is 8.09. The van der Waals surface area contributed by atoms with Crippen LogP contribution in [-0.4, -0.2) is 26.3 Å². The number of nitrogens with one attached hydrogen (secondary N) is 1. The highest BCUT2D eigenvalue weighted by atomic mass is 32.1. The standard InChI is InChI=1S/C28H23N3O2S/c1-3-23(20-10-12-26-25(15-20)30-17(2)34-26)28(21-9-11-24-22(14-21)16-29-31-24)19-7-4-18(5-8-19)6-13-27(32)33/h4-16H,3H2,1-2H3,(H,29,31)(H,32,33). The average molecular weight is 466 g/mol. The van der Waals surface area contributed by atoms with E-state index in [1.54, 1.807) is 17.4 Å². The molecule has 0 amide bonds. The summed E-state index contributed by atoms with van der Waals surface area (Å²) >= 11 is 1.71. The first-order chi connectivity index (χ1) is 16.5. The smallest absolute Gasteiger partial charge is 0.328 e. The number of aromatic amines is 1. The van der Waals surface area contributed by atoms with E-state index >= 15 is 0 Å². The second kappa shape index (κ2) is 9.08. The van der Waals surface area contributed by atoms with Gasteiger partial charge in [-0.05, 0) is 77.1 Å². The predicted octanol–water partition coefficient (Wildman–Crippen LogP) is 6.95. The number of aliphatic carboxylic acids is 1. The van der Waals surface area contributed by atoms with Gasteiger partial charge in [-0.25, -0.2) is 9.78 Å². The average Bonchev–Trinajstić information content (AvgIpc) is 3.46. The summed E-state index contributed by atoms with van der Waals surface area (Å²) in [5.41, 5.74) is 8.55. The normalized spacial score (nSPS) is 12.5. The fourth-order valence-electron chi connectivity index (χ4n) is 4.30. The number of rotatable bonds is 6. The highest BCUT2D eigenvalue weighted by Gasteiger charge is 2.15. The van der Waals surface area contributed by atoms with Crippen LogP contribution in [0.3, 0.4) is 0 Å². The van der Waals surface area contributed by atoms with E-state index < -0.39 is 5.97 Å². The zero-order valence-electron chi connectivity index (χ0n) is 18.9. The number of fused-ring (bicyclic) bond motifs is 2. The van der Waals surface area contributed by atoms with Gasteiger partial charge in [0.05, 0.1) is 26.9 Å². The minimum absolute atomic E-state index is 0.841. The lowest BCUT2D eigenvalue weighted by molar-refractivity contribution is -0.131. The Balaban J connectivity index is 1.71. The SMILES string of the molecule is CCC(=C(c1ccc(C=CC(=O)O)cc1)c1ccc2[nH]ncc2c1)c1ccc2sc(C)nc2c1. The zero-order valence-corrected chi connectivity index (χ0v) is 19.7. The van der Waals surface area contributed by atoms with Crippen LogP contribution in [0.25, 0.3) is 38.3 Å². The maximum atomic E-state index is 10.9. The molecule has 0 unspecified atom stereocenters. The molecule has 168 valence electrons. The number of aromatic nitrogens is 3. The molecule has 0 aliphatic rings. The minimum Gasteiger partial charge on any atom is -0.478 e. The number of carboxylic acids is 1. The van der Waals surface area contributed by atoms with Crippen molar-refractivity contribution in [1.82, 2.24) is 15.2 Å². The van der Waals surface area contributed by atoms with Gasteiger partial charge in [-0.1, -0.05) is 43.3 Å². The predicted molar refractivity (Wildman–Crippen MR) is 140 cm³/mol. The summed E-state index contributed by atoms with van der Waals surface area (Å²) in [5.74, 6) is -0.959. The van der Waals surface area contributed by atoms with Gasteiger partial charge in [0.25, 0.3) is 0 Å². The summed E-state index contributed by atoms with van der Waals surface area (Å²) in [7, 11) is 0. The summed E-state index contributed by atoms with van der Waals surface area (Å²) < 4.78 is 1.19. The summed E-state index contributed by atoms with van der Waals surface area (Å²) in [6, 6.07) is 20.9. The lowest BCUT2D eigenvalue weighted by Crippen LogP contribution is -1.95. The Bertz CT molecular complexity index is 1570. The number of aryl methyl sites for hydroxylation is 1. The number of hydrogen-bond donors (Lipinski definition) is 2. The van der Waals surface area contributed by atoms with Gasteiger partial charge in [0, 0.05) is 11.5 Å². The van der Waals surface area contributed by atoms with E-state index in [9.17, 15) is 4.79 Å². The fraction of sp³-hybridized carbons (Fsp3) is 0.107. The van der Waals surface area contributed by atoms with Gasteiger partial charge in [-0.3, -0.25) is 5.10 Å². The van der Waals surface area contributed by atoms with Gasteiger partial charge in [0.1, 0.15) is 0 Å². The van der Waals surface area contributed by atoms with E-state index in [1.165, 1.54) is 10.3 Å². The van der Waals surface area contributed by atoms with Crippen LogP contribution in [0.1, 0.15) is 40.6 Å². The molecule has 0 bridgehead atoms. The molecule has 0 saturated carbocycles. The van der Waals surface area contributed by atoms with Crippen molar-refractivity contribution >= 4 is 55.6 Å². The van der Waals surface area contributed by atoms with Crippen LogP contribution in [-0.2, 0) is 4.79 Å². The largest absolute Gasteiger partial charge is 0.478 e. The van der Waals surface area contributed by atoms with Crippen LogP contribution in [0.5, 0.6) is 0 Å². The highest BCUT2D eigenvalue weighted by Crippen LogP contribution is 2.37. The first kappa shape index (κ1) is 21.8.